The molecule has 3 rings (SSSR count). The molecular formula is C17H19N5O3. The van der Waals surface area contributed by atoms with Crippen LogP contribution in [0.3, 0.4) is 0 Å². The van der Waals surface area contributed by atoms with E-state index in [0.717, 1.165) is 5.56 Å². The van der Waals surface area contributed by atoms with Gasteiger partial charge in [-0.2, -0.15) is 0 Å². The number of nitrogens with one attached hydrogen (secondary N) is 1. The molecule has 2 heterocycles. The highest BCUT2D eigenvalue weighted by Gasteiger charge is 2.26. The minimum atomic E-state index is -0.525. The standard InChI is InChI=1S/C17H19N5O3/c1-10-7-12(20-11(2)23)3-4-13(10)17(25)21-5-6-22-14(16(18)24)8-19-15(22)9-21/h3-4,7-8H,5-6,9H2,1-2H3,(H2,18,24)(H,20,23). The number of fused-ring (bicyclic) bond motifs is 1. The summed E-state index contributed by atoms with van der Waals surface area (Å²) >= 11 is 0. The molecule has 130 valence electrons. The normalized spacial score (nSPS) is 13.3. The van der Waals surface area contributed by atoms with Gasteiger partial charge in [-0.15, -0.1) is 0 Å². The third-order valence-corrected chi connectivity index (χ3v) is 4.18. The Kier molecular flexibility index (Phi) is 4.26. The summed E-state index contributed by atoms with van der Waals surface area (Å²) in [6, 6.07) is 5.18. The van der Waals surface area contributed by atoms with E-state index in [1.807, 2.05) is 6.92 Å². The predicted molar refractivity (Wildman–Crippen MR) is 91.0 cm³/mol. The van der Waals surface area contributed by atoms with Gasteiger partial charge in [-0.3, -0.25) is 14.4 Å². The van der Waals surface area contributed by atoms with E-state index in [1.54, 1.807) is 27.7 Å². The number of carbonyl (C=O) groups is 3. The number of hydrogen-bond donors (Lipinski definition) is 2. The zero-order valence-corrected chi connectivity index (χ0v) is 14.1. The summed E-state index contributed by atoms with van der Waals surface area (Å²) in [5.74, 6) is -0.155. The highest BCUT2D eigenvalue weighted by atomic mass is 16.2. The Labute approximate surface area is 144 Å². The molecule has 3 N–H and O–H groups in total. The Morgan fingerprint density at radius 3 is 2.64 bits per heavy atom. The van der Waals surface area contributed by atoms with Crippen LogP contribution in [0.1, 0.15) is 39.2 Å². The van der Waals surface area contributed by atoms with Crippen LogP contribution in [0.2, 0.25) is 0 Å². The van der Waals surface area contributed by atoms with Crippen molar-refractivity contribution in [1.29, 1.82) is 0 Å². The van der Waals surface area contributed by atoms with E-state index in [1.165, 1.54) is 13.1 Å². The van der Waals surface area contributed by atoms with Crippen LogP contribution in [0.4, 0.5) is 5.69 Å². The SMILES string of the molecule is CC(=O)Nc1ccc(C(=O)N2CCn3c(C(N)=O)cnc3C2)c(C)c1. The lowest BCUT2D eigenvalue weighted by atomic mass is 10.1. The molecule has 0 saturated heterocycles. The minimum Gasteiger partial charge on any atom is -0.364 e. The van der Waals surface area contributed by atoms with Gasteiger partial charge in [0.05, 0.1) is 12.7 Å². The third kappa shape index (κ3) is 3.23. The molecule has 0 atom stereocenters. The summed E-state index contributed by atoms with van der Waals surface area (Å²) < 4.78 is 1.75. The number of hydrogen-bond acceptors (Lipinski definition) is 4. The minimum absolute atomic E-state index is 0.109. The molecule has 0 aliphatic carbocycles. The third-order valence-electron chi connectivity index (χ3n) is 4.18. The van der Waals surface area contributed by atoms with Gasteiger partial charge in [0.1, 0.15) is 11.5 Å². The molecule has 0 fully saturated rings. The van der Waals surface area contributed by atoms with Gasteiger partial charge in [-0.25, -0.2) is 4.98 Å². The summed E-state index contributed by atoms with van der Waals surface area (Å²) in [5.41, 5.74) is 7.69. The molecule has 3 amide bonds. The van der Waals surface area contributed by atoms with Gasteiger partial charge in [-0.05, 0) is 30.7 Å². The van der Waals surface area contributed by atoms with Gasteiger partial charge < -0.3 is 20.5 Å². The maximum absolute atomic E-state index is 12.8. The van der Waals surface area contributed by atoms with Crippen molar-refractivity contribution in [3.63, 3.8) is 0 Å². The highest BCUT2D eigenvalue weighted by Crippen LogP contribution is 2.20. The van der Waals surface area contributed by atoms with E-state index in [0.29, 0.717) is 42.4 Å². The molecule has 1 aliphatic heterocycles. The van der Waals surface area contributed by atoms with Gasteiger partial charge in [0.15, 0.2) is 0 Å². The van der Waals surface area contributed by atoms with E-state index in [4.69, 9.17) is 5.73 Å². The number of anilines is 1. The number of benzene rings is 1. The van der Waals surface area contributed by atoms with Crippen molar-refractivity contribution in [1.82, 2.24) is 14.5 Å². The fourth-order valence-corrected chi connectivity index (χ4v) is 2.99. The fourth-order valence-electron chi connectivity index (χ4n) is 2.99. The maximum atomic E-state index is 12.8. The van der Waals surface area contributed by atoms with Gasteiger partial charge in [0.25, 0.3) is 11.8 Å². The molecular weight excluding hydrogens is 322 g/mol. The van der Waals surface area contributed by atoms with Crippen molar-refractivity contribution in [3.8, 4) is 0 Å². The topological polar surface area (TPSA) is 110 Å². The number of carbonyl (C=O) groups excluding carboxylic acids is 3. The highest BCUT2D eigenvalue weighted by molar-refractivity contribution is 5.97. The van der Waals surface area contributed by atoms with Crippen molar-refractivity contribution >= 4 is 23.4 Å². The molecule has 0 spiro atoms. The summed E-state index contributed by atoms with van der Waals surface area (Å²) in [6.45, 7) is 4.52. The molecule has 1 aliphatic rings. The maximum Gasteiger partial charge on any atom is 0.266 e. The summed E-state index contributed by atoms with van der Waals surface area (Å²) in [5, 5.41) is 2.70. The molecule has 0 radical (unpaired) electrons. The number of rotatable bonds is 3. The first-order valence-electron chi connectivity index (χ1n) is 7.88. The monoisotopic (exact) mass is 341 g/mol. The average molecular weight is 341 g/mol. The first kappa shape index (κ1) is 16.7. The number of imidazole rings is 1. The van der Waals surface area contributed by atoms with E-state index in [-0.39, 0.29) is 11.8 Å². The molecule has 8 nitrogen and oxygen atoms in total. The number of nitrogens with two attached hydrogens (primary N) is 1. The second-order valence-electron chi connectivity index (χ2n) is 6.01. The first-order valence-corrected chi connectivity index (χ1v) is 7.88. The zero-order chi connectivity index (χ0) is 18.1. The van der Waals surface area contributed by atoms with E-state index in [9.17, 15) is 14.4 Å². The Bertz CT molecular complexity index is 871. The molecule has 25 heavy (non-hydrogen) atoms. The molecule has 0 bridgehead atoms. The van der Waals surface area contributed by atoms with Crippen LogP contribution in [0.15, 0.2) is 24.4 Å². The lowest BCUT2D eigenvalue weighted by Crippen LogP contribution is -2.39. The smallest absolute Gasteiger partial charge is 0.266 e. The van der Waals surface area contributed by atoms with Gasteiger partial charge in [0, 0.05) is 31.3 Å². The predicted octanol–water partition coefficient (Wildman–Crippen LogP) is 0.905. The van der Waals surface area contributed by atoms with Gasteiger partial charge in [-0.1, -0.05) is 0 Å². The Balaban J connectivity index is 1.80. The molecule has 1 aromatic heterocycles. The van der Waals surface area contributed by atoms with Gasteiger partial charge in [0.2, 0.25) is 5.91 Å². The largest absolute Gasteiger partial charge is 0.364 e. The number of amides is 3. The second-order valence-corrected chi connectivity index (χ2v) is 6.01. The summed E-state index contributed by atoms with van der Waals surface area (Å²) in [4.78, 5) is 41.2. The average Bonchev–Trinajstić information content (AvgIpc) is 2.97. The van der Waals surface area contributed by atoms with Crippen molar-refractivity contribution in [3.05, 3.63) is 47.0 Å². The van der Waals surface area contributed by atoms with Crippen molar-refractivity contribution in [2.75, 3.05) is 11.9 Å². The van der Waals surface area contributed by atoms with Gasteiger partial charge >= 0.3 is 0 Å². The van der Waals surface area contributed by atoms with E-state index in [2.05, 4.69) is 10.3 Å². The molecule has 2 aromatic rings. The quantitative estimate of drug-likeness (QED) is 0.864. The lowest BCUT2D eigenvalue weighted by molar-refractivity contribution is -0.114. The summed E-state index contributed by atoms with van der Waals surface area (Å²) in [6.07, 6.45) is 1.44. The number of aryl methyl sites for hydroxylation is 1. The molecule has 1 aromatic carbocycles. The summed E-state index contributed by atoms with van der Waals surface area (Å²) in [7, 11) is 0. The first-order chi connectivity index (χ1) is 11.9. The lowest BCUT2D eigenvalue weighted by Gasteiger charge is -2.29. The van der Waals surface area contributed by atoms with Crippen LogP contribution in [-0.4, -0.2) is 38.7 Å². The molecule has 8 heteroatoms. The zero-order valence-electron chi connectivity index (χ0n) is 14.1. The van der Waals surface area contributed by atoms with Crippen LogP contribution in [0.5, 0.6) is 0 Å². The van der Waals surface area contributed by atoms with Crippen molar-refractivity contribution in [2.24, 2.45) is 5.73 Å². The second kappa shape index (κ2) is 6.39. The number of nitrogens with zero attached hydrogens (tertiary/aromatic N) is 3. The Morgan fingerprint density at radius 1 is 1.24 bits per heavy atom. The van der Waals surface area contributed by atoms with Crippen LogP contribution < -0.4 is 11.1 Å². The molecule has 0 saturated carbocycles. The number of aromatic nitrogens is 2. The fraction of sp³-hybridized carbons (Fsp3) is 0.294. The van der Waals surface area contributed by atoms with Crippen LogP contribution in [0.25, 0.3) is 0 Å². The number of primary amides is 1. The molecule has 0 unspecified atom stereocenters. The van der Waals surface area contributed by atoms with Crippen molar-refractivity contribution < 1.29 is 14.4 Å². The van der Waals surface area contributed by atoms with Crippen molar-refractivity contribution in [2.45, 2.75) is 26.9 Å². The van der Waals surface area contributed by atoms with E-state index >= 15 is 0 Å². The van der Waals surface area contributed by atoms with Crippen LogP contribution in [-0.2, 0) is 17.9 Å². The van der Waals surface area contributed by atoms with E-state index < -0.39 is 5.91 Å². The van der Waals surface area contributed by atoms with Crippen LogP contribution >= 0.6 is 0 Å². The Morgan fingerprint density at radius 2 is 2.00 bits per heavy atom. The Hall–Kier alpha value is -3.16. The van der Waals surface area contributed by atoms with Crippen LogP contribution in [0, 0.1) is 6.92 Å².